The van der Waals surface area contributed by atoms with Crippen molar-refractivity contribution >= 4 is 11.9 Å². The molecular weight excluding hydrogens is 315 g/mol. The number of ether oxygens (including phenoxy) is 2. The molecule has 0 radical (unpaired) electrons. The van der Waals surface area contributed by atoms with Crippen LogP contribution in [0.25, 0.3) is 0 Å². The molecule has 0 bridgehead atoms. The summed E-state index contributed by atoms with van der Waals surface area (Å²) in [5.41, 5.74) is 0.524. The number of nitrogens with zero attached hydrogens (tertiary/aromatic N) is 1. The van der Waals surface area contributed by atoms with Crippen LogP contribution in [0.2, 0.25) is 0 Å². The normalized spacial score (nSPS) is 18.9. The summed E-state index contributed by atoms with van der Waals surface area (Å²) in [7, 11) is 1.38. The average Bonchev–Trinajstić information content (AvgIpc) is 2.80. The molecule has 1 aromatic rings. The minimum Gasteiger partial charge on any atom is -0.494 e. The quantitative estimate of drug-likeness (QED) is 0.776. The second kappa shape index (κ2) is 7.61. The van der Waals surface area contributed by atoms with Crippen LogP contribution >= 0.6 is 0 Å². The van der Waals surface area contributed by atoms with Gasteiger partial charge in [0, 0.05) is 13.0 Å². The third-order valence-electron chi connectivity index (χ3n) is 3.96. The Bertz CT molecular complexity index is 621. The van der Waals surface area contributed by atoms with Gasteiger partial charge in [-0.15, -0.1) is 0 Å². The van der Waals surface area contributed by atoms with E-state index in [2.05, 4.69) is 5.32 Å². The van der Waals surface area contributed by atoms with Crippen LogP contribution in [0, 0.1) is 5.82 Å². The smallest absolute Gasteiger partial charge is 0.325 e. The van der Waals surface area contributed by atoms with Crippen molar-refractivity contribution in [1.29, 1.82) is 0 Å². The molecule has 0 aromatic heterocycles. The van der Waals surface area contributed by atoms with Crippen LogP contribution in [0.3, 0.4) is 0 Å². The Hall–Kier alpha value is -2.15. The summed E-state index contributed by atoms with van der Waals surface area (Å²) in [6.07, 6.45) is 0.470. The lowest BCUT2D eigenvalue weighted by molar-refractivity contribution is -0.129. The zero-order valence-corrected chi connectivity index (χ0v) is 14.3. The van der Waals surface area contributed by atoms with Crippen LogP contribution in [-0.4, -0.2) is 42.7 Å². The summed E-state index contributed by atoms with van der Waals surface area (Å²) >= 11 is 0. The Labute approximate surface area is 140 Å². The van der Waals surface area contributed by atoms with E-state index in [4.69, 9.17) is 9.47 Å². The lowest BCUT2D eigenvalue weighted by Gasteiger charge is -2.22. The number of nitrogens with one attached hydrogen (secondary N) is 1. The minimum absolute atomic E-state index is 0.0644. The van der Waals surface area contributed by atoms with E-state index in [1.165, 1.54) is 19.2 Å². The number of carbonyl (C=O) groups is 2. The van der Waals surface area contributed by atoms with Gasteiger partial charge in [0.05, 0.1) is 19.3 Å². The topological polar surface area (TPSA) is 67.9 Å². The van der Waals surface area contributed by atoms with E-state index in [9.17, 15) is 14.0 Å². The summed E-state index contributed by atoms with van der Waals surface area (Å²) in [6.45, 7) is 5.88. The maximum Gasteiger partial charge on any atom is 0.325 e. The van der Waals surface area contributed by atoms with E-state index in [1.807, 2.05) is 13.8 Å². The number of benzene rings is 1. The lowest BCUT2D eigenvalue weighted by atomic mass is 10.1. The SMILES string of the molecule is COc1ccc([C@H](C)N2C(=O)N[C@@H](CCOC(C)C)C2=O)cc1F. The van der Waals surface area contributed by atoms with Gasteiger partial charge in [0.25, 0.3) is 5.91 Å². The summed E-state index contributed by atoms with van der Waals surface area (Å²) in [4.78, 5) is 25.8. The highest BCUT2D eigenvalue weighted by Gasteiger charge is 2.40. The van der Waals surface area contributed by atoms with Crippen LogP contribution in [0.1, 0.15) is 38.8 Å². The summed E-state index contributed by atoms with van der Waals surface area (Å²) in [5, 5.41) is 2.65. The first-order valence-corrected chi connectivity index (χ1v) is 7.93. The second-order valence-corrected chi connectivity index (χ2v) is 5.99. The number of hydrogen-bond acceptors (Lipinski definition) is 4. The van der Waals surface area contributed by atoms with Crippen molar-refractivity contribution < 1.29 is 23.5 Å². The van der Waals surface area contributed by atoms with Crippen LogP contribution < -0.4 is 10.1 Å². The molecule has 2 rings (SSSR count). The number of amides is 3. The van der Waals surface area contributed by atoms with Crippen LogP contribution in [-0.2, 0) is 9.53 Å². The van der Waals surface area contributed by atoms with Gasteiger partial charge in [-0.1, -0.05) is 6.07 Å². The zero-order valence-electron chi connectivity index (χ0n) is 14.3. The van der Waals surface area contributed by atoms with E-state index in [1.54, 1.807) is 13.0 Å². The molecule has 0 spiro atoms. The number of methoxy groups -OCH3 is 1. The van der Waals surface area contributed by atoms with E-state index < -0.39 is 23.9 Å². The van der Waals surface area contributed by atoms with E-state index in [0.29, 0.717) is 18.6 Å². The number of hydrogen-bond donors (Lipinski definition) is 1. The van der Waals surface area contributed by atoms with Gasteiger partial charge in [-0.3, -0.25) is 9.69 Å². The molecular formula is C17H23FN2O4. The standard InChI is InChI=1S/C17H23FN2O4/c1-10(2)24-8-7-14-16(21)20(17(22)19-14)11(3)12-5-6-15(23-4)13(18)9-12/h5-6,9-11,14H,7-8H2,1-4H3,(H,19,22)/t11-,14-/m0/s1. The molecule has 1 fully saturated rings. The molecule has 7 heteroatoms. The van der Waals surface area contributed by atoms with Crippen molar-refractivity contribution in [2.45, 2.75) is 45.4 Å². The number of halogens is 1. The highest BCUT2D eigenvalue weighted by Crippen LogP contribution is 2.28. The Morgan fingerprint density at radius 3 is 2.58 bits per heavy atom. The maximum absolute atomic E-state index is 13.9. The van der Waals surface area contributed by atoms with Gasteiger partial charge in [-0.25, -0.2) is 9.18 Å². The molecule has 1 aliphatic heterocycles. The first-order valence-electron chi connectivity index (χ1n) is 7.93. The fourth-order valence-corrected chi connectivity index (χ4v) is 2.62. The van der Waals surface area contributed by atoms with Crippen molar-refractivity contribution in [3.8, 4) is 5.75 Å². The summed E-state index contributed by atoms with van der Waals surface area (Å²) in [6, 6.07) is 2.74. The highest BCUT2D eigenvalue weighted by atomic mass is 19.1. The number of imide groups is 1. The molecule has 1 aromatic carbocycles. The van der Waals surface area contributed by atoms with Crippen molar-refractivity contribution in [2.75, 3.05) is 13.7 Å². The van der Waals surface area contributed by atoms with Gasteiger partial charge in [-0.2, -0.15) is 0 Å². The third-order valence-corrected chi connectivity index (χ3v) is 3.96. The largest absolute Gasteiger partial charge is 0.494 e. The monoisotopic (exact) mass is 338 g/mol. The average molecular weight is 338 g/mol. The van der Waals surface area contributed by atoms with Crippen LogP contribution in [0.5, 0.6) is 5.75 Å². The number of rotatable bonds is 7. The molecule has 0 aliphatic carbocycles. The molecule has 1 aliphatic rings. The van der Waals surface area contributed by atoms with Gasteiger partial charge < -0.3 is 14.8 Å². The van der Waals surface area contributed by atoms with Crippen molar-refractivity contribution in [2.24, 2.45) is 0 Å². The zero-order chi connectivity index (χ0) is 17.9. The highest BCUT2D eigenvalue weighted by molar-refractivity contribution is 6.04. The first kappa shape index (κ1) is 18.2. The Morgan fingerprint density at radius 1 is 1.29 bits per heavy atom. The fraction of sp³-hybridized carbons (Fsp3) is 0.529. The van der Waals surface area contributed by atoms with Gasteiger partial charge >= 0.3 is 6.03 Å². The van der Waals surface area contributed by atoms with E-state index >= 15 is 0 Å². The molecule has 1 N–H and O–H groups in total. The van der Waals surface area contributed by atoms with E-state index in [-0.39, 0.29) is 17.8 Å². The third kappa shape index (κ3) is 3.84. The van der Waals surface area contributed by atoms with Crippen LogP contribution in [0.15, 0.2) is 18.2 Å². The molecule has 2 atom stereocenters. The number of urea groups is 1. The maximum atomic E-state index is 13.9. The van der Waals surface area contributed by atoms with Gasteiger partial charge in [-0.05, 0) is 38.5 Å². The summed E-state index contributed by atoms with van der Waals surface area (Å²) in [5.74, 6) is -0.737. The number of carbonyl (C=O) groups excluding carboxylic acids is 2. The Kier molecular flexibility index (Phi) is 5.77. The molecule has 1 heterocycles. The van der Waals surface area contributed by atoms with Crippen molar-refractivity contribution in [3.05, 3.63) is 29.6 Å². The minimum atomic E-state index is -0.609. The Morgan fingerprint density at radius 2 is 2.00 bits per heavy atom. The van der Waals surface area contributed by atoms with Crippen LogP contribution in [0.4, 0.5) is 9.18 Å². The molecule has 0 saturated carbocycles. The van der Waals surface area contributed by atoms with Crippen molar-refractivity contribution in [1.82, 2.24) is 10.2 Å². The van der Waals surface area contributed by atoms with Crippen molar-refractivity contribution in [3.63, 3.8) is 0 Å². The van der Waals surface area contributed by atoms with E-state index in [0.717, 1.165) is 4.90 Å². The Balaban J connectivity index is 2.09. The second-order valence-electron chi connectivity index (χ2n) is 5.99. The predicted molar refractivity (Wildman–Crippen MR) is 86.2 cm³/mol. The fourth-order valence-electron chi connectivity index (χ4n) is 2.62. The molecule has 132 valence electrons. The predicted octanol–water partition coefficient (Wildman–Crippen LogP) is 2.63. The van der Waals surface area contributed by atoms with Gasteiger partial charge in [0.2, 0.25) is 0 Å². The molecule has 1 saturated heterocycles. The lowest BCUT2D eigenvalue weighted by Crippen LogP contribution is -2.34. The molecule has 24 heavy (non-hydrogen) atoms. The first-order chi connectivity index (χ1) is 11.3. The molecule has 0 unspecified atom stereocenters. The summed E-state index contributed by atoms with van der Waals surface area (Å²) < 4.78 is 24.2. The molecule has 6 nitrogen and oxygen atoms in total. The van der Waals surface area contributed by atoms with Gasteiger partial charge in [0.1, 0.15) is 6.04 Å². The molecule has 3 amide bonds. The van der Waals surface area contributed by atoms with Gasteiger partial charge in [0.15, 0.2) is 11.6 Å².